The Morgan fingerprint density at radius 3 is 2.44 bits per heavy atom. The van der Waals surface area contributed by atoms with Crippen LogP contribution in [0.15, 0.2) is 36.4 Å². The zero-order valence-corrected chi connectivity index (χ0v) is 15.9. The van der Waals surface area contributed by atoms with Gasteiger partial charge in [0, 0.05) is 12.0 Å². The van der Waals surface area contributed by atoms with E-state index in [0.29, 0.717) is 0 Å². The molecule has 1 fully saturated rings. The van der Waals surface area contributed by atoms with Gasteiger partial charge in [0.2, 0.25) is 5.91 Å². The number of hydrogen-bond acceptors (Lipinski definition) is 2. The van der Waals surface area contributed by atoms with Gasteiger partial charge in [0.15, 0.2) is 6.04 Å². The highest BCUT2D eigenvalue weighted by Crippen LogP contribution is 2.43. The molecule has 1 atom stereocenters. The summed E-state index contributed by atoms with van der Waals surface area (Å²) in [6, 6.07) is 8.89. The maximum absolute atomic E-state index is 14.0. The average molecular weight is 378 g/mol. The molecule has 27 heavy (non-hydrogen) atoms. The molecule has 1 amide bonds. The number of fused-ring (bicyclic) bond motifs is 1. The second-order valence-corrected chi connectivity index (χ2v) is 7.88. The highest BCUT2D eigenvalue weighted by Gasteiger charge is 2.52. The number of amides is 1. The molecule has 1 unspecified atom stereocenters. The van der Waals surface area contributed by atoms with E-state index in [0.717, 1.165) is 40.6 Å². The number of alkyl halides is 3. The zero-order valence-electron chi connectivity index (χ0n) is 15.9. The molecule has 2 aromatic carbocycles. The van der Waals surface area contributed by atoms with Crippen LogP contribution in [-0.2, 0) is 11.2 Å². The number of carbonyl (C=O) groups is 1. The third kappa shape index (κ3) is 4.10. The number of rotatable bonds is 5. The fourth-order valence-corrected chi connectivity index (χ4v) is 3.72. The molecule has 1 N–H and O–H groups in total. The molecule has 3 rings (SSSR count). The van der Waals surface area contributed by atoms with Crippen LogP contribution in [0, 0.1) is 0 Å². The summed E-state index contributed by atoms with van der Waals surface area (Å²) in [6.07, 6.45) is -1.45. The summed E-state index contributed by atoms with van der Waals surface area (Å²) in [4.78, 5) is 11.8. The van der Waals surface area contributed by atoms with Gasteiger partial charge in [-0.1, -0.05) is 43.7 Å². The minimum Gasteiger partial charge on any atom is -0.287 e. The van der Waals surface area contributed by atoms with Crippen LogP contribution in [0.3, 0.4) is 0 Å². The van der Waals surface area contributed by atoms with Crippen LogP contribution >= 0.6 is 0 Å². The summed E-state index contributed by atoms with van der Waals surface area (Å²) in [5, 5.41) is 2.75. The smallest absolute Gasteiger partial charge is 0.287 e. The van der Waals surface area contributed by atoms with Crippen molar-refractivity contribution in [1.29, 1.82) is 0 Å². The first kappa shape index (κ1) is 19.7. The van der Waals surface area contributed by atoms with Gasteiger partial charge in [0.25, 0.3) is 0 Å². The van der Waals surface area contributed by atoms with Gasteiger partial charge in [0.05, 0.1) is 0 Å². The Bertz CT molecular complexity index is 845. The van der Waals surface area contributed by atoms with Crippen molar-refractivity contribution in [3.8, 4) is 0 Å². The monoisotopic (exact) mass is 378 g/mol. The minimum atomic E-state index is -4.51. The molecule has 0 saturated carbocycles. The third-order valence-electron chi connectivity index (χ3n) is 5.12. The van der Waals surface area contributed by atoms with Crippen molar-refractivity contribution in [2.75, 3.05) is 0 Å². The quantitative estimate of drug-likeness (QED) is 0.766. The van der Waals surface area contributed by atoms with Gasteiger partial charge in [-0.15, -0.1) is 0 Å². The van der Waals surface area contributed by atoms with E-state index in [-0.39, 0.29) is 12.0 Å². The van der Waals surface area contributed by atoms with Crippen LogP contribution in [0.4, 0.5) is 13.2 Å². The van der Waals surface area contributed by atoms with Crippen molar-refractivity contribution in [1.82, 2.24) is 10.4 Å². The summed E-state index contributed by atoms with van der Waals surface area (Å²) >= 11 is 0. The van der Waals surface area contributed by atoms with Crippen LogP contribution in [-0.4, -0.2) is 22.6 Å². The van der Waals surface area contributed by atoms with Crippen molar-refractivity contribution in [3.63, 3.8) is 0 Å². The van der Waals surface area contributed by atoms with Crippen molar-refractivity contribution in [2.24, 2.45) is 0 Å². The standard InChI is InChI=1S/C21H25F3N2O/c1-4-5-6-14-7-8-15-9-10-16(12-17(15)11-14)19(21(22,23)24)26-20(2,3)13-18(27)25-26/h7-12,19H,4-6,13H2,1-3H3,(H,25,27). The molecule has 0 aromatic heterocycles. The van der Waals surface area contributed by atoms with E-state index in [4.69, 9.17) is 0 Å². The molecular formula is C21H25F3N2O. The van der Waals surface area contributed by atoms with Gasteiger partial charge in [-0.2, -0.15) is 18.2 Å². The van der Waals surface area contributed by atoms with Crippen LogP contribution < -0.4 is 5.43 Å². The molecular weight excluding hydrogens is 353 g/mol. The summed E-state index contributed by atoms with van der Waals surface area (Å²) in [5.74, 6) is -0.392. The van der Waals surface area contributed by atoms with Crippen LogP contribution in [0.1, 0.15) is 57.2 Å². The molecule has 2 aromatic rings. The lowest BCUT2D eigenvalue weighted by Gasteiger charge is -2.38. The highest BCUT2D eigenvalue weighted by atomic mass is 19.4. The SMILES string of the molecule is CCCCc1ccc2ccc(C(N3NC(=O)CC3(C)C)C(F)(F)F)cc2c1. The van der Waals surface area contributed by atoms with Gasteiger partial charge < -0.3 is 0 Å². The van der Waals surface area contributed by atoms with E-state index < -0.39 is 23.7 Å². The Morgan fingerprint density at radius 1 is 1.15 bits per heavy atom. The second-order valence-electron chi connectivity index (χ2n) is 7.88. The number of carbonyl (C=O) groups excluding carboxylic acids is 1. The van der Waals surface area contributed by atoms with Crippen LogP contribution in [0.2, 0.25) is 0 Å². The van der Waals surface area contributed by atoms with Crippen molar-refractivity contribution >= 4 is 16.7 Å². The topological polar surface area (TPSA) is 32.3 Å². The molecule has 0 spiro atoms. The Morgan fingerprint density at radius 2 is 1.85 bits per heavy atom. The lowest BCUT2D eigenvalue weighted by atomic mass is 9.95. The predicted octanol–water partition coefficient (Wildman–Crippen LogP) is 5.30. The first-order valence-electron chi connectivity index (χ1n) is 9.30. The Balaban J connectivity index is 2.04. The van der Waals surface area contributed by atoms with Crippen LogP contribution in [0.5, 0.6) is 0 Å². The van der Waals surface area contributed by atoms with Gasteiger partial charge in [-0.25, -0.2) is 0 Å². The molecule has 1 heterocycles. The van der Waals surface area contributed by atoms with E-state index in [1.54, 1.807) is 26.0 Å². The number of nitrogens with one attached hydrogen (secondary N) is 1. The van der Waals surface area contributed by atoms with Gasteiger partial charge >= 0.3 is 6.18 Å². The fourth-order valence-electron chi connectivity index (χ4n) is 3.72. The predicted molar refractivity (Wildman–Crippen MR) is 100 cm³/mol. The fraction of sp³-hybridized carbons (Fsp3) is 0.476. The van der Waals surface area contributed by atoms with Gasteiger partial charge in [0.1, 0.15) is 0 Å². The molecule has 0 radical (unpaired) electrons. The number of hydrazine groups is 1. The number of aryl methyl sites for hydroxylation is 1. The van der Waals surface area contributed by atoms with E-state index in [9.17, 15) is 18.0 Å². The number of unbranched alkanes of at least 4 members (excludes halogenated alkanes) is 1. The second kappa shape index (κ2) is 7.15. The number of nitrogens with zero attached hydrogens (tertiary/aromatic N) is 1. The third-order valence-corrected chi connectivity index (χ3v) is 5.12. The van der Waals surface area contributed by atoms with E-state index in [1.807, 2.05) is 18.2 Å². The Hall–Kier alpha value is -2.08. The highest BCUT2D eigenvalue weighted by molar-refractivity contribution is 5.84. The summed E-state index contributed by atoms with van der Waals surface area (Å²) in [7, 11) is 0. The Kier molecular flexibility index (Phi) is 5.21. The van der Waals surface area contributed by atoms with E-state index >= 15 is 0 Å². The molecule has 6 heteroatoms. The first-order chi connectivity index (χ1) is 12.6. The summed E-state index contributed by atoms with van der Waals surface area (Å²) in [6.45, 7) is 5.40. The molecule has 0 bridgehead atoms. The lowest BCUT2D eigenvalue weighted by molar-refractivity contribution is -0.203. The van der Waals surface area contributed by atoms with Crippen molar-refractivity contribution in [3.05, 3.63) is 47.5 Å². The molecule has 1 aliphatic heterocycles. The van der Waals surface area contributed by atoms with E-state index in [2.05, 4.69) is 12.3 Å². The van der Waals surface area contributed by atoms with Gasteiger partial charge in [-0.3, -0.25) is 10.2 Å². The maximum Gasteiger partial charge on any atom is 0.409 e. The van der Waals surface area contributed by atoms with Gasteiger partial charge in [-0.05, 0) is 54.7 Å². The summed E-state index contributed by atoms with van der Waals surface area (Å²) < 4.78 is 41.9. The molecule has 146 valence electrons. The summed E-state index contributed by atoms with van der Waals surface area (Å²) in [5.41, 5.74) is 2.75. The number of halogens is 3. The molecule has 3 nitrogen and oxygen atoms in total. The normalized spacial score (nSPS) is 18.7. The number of hydrogen-bond donors (Lipinski definition) is 1. The Labute approximate surface area is 157 Å². The zero-order chi connectivity index (χ0) is 19.8. The van der Waals surface area contributed by atoms with E-state index in [1.165, 1.54) is 6.07 Å². The molecule has 1 aliphatic rings. The van der Waals surface area contributed by atoms with Crippen LogP contribution in [0.25, 0.3) is 10.8 Å². The largest absolute Gasteiger partial charge is 0.409 e. The maximum atomic E-state index is 14.0. The molecule has 1 saturated heterocycles. The van der Waals surface area contributed by atoms with Crippen molar-refractivity contribution in [2.45, 2.75) is 64.2 Å². The molecule has 0 aliphatic carbocycles. The van der Waals surface area contributed by atoms with Crippen molar-refractivity contribution < 1.29 is 18.0 Å². The average Bonchev–Trinajstić information content (AvgIpc) is 2.83. The first-order valence-corrected chi connectivity index (χ1v) is 9.30. The minimum absolute atomic E-state index is 0.0360. The lowest BCUT2D eigenvalue weighted by Crippen LogP contribution is -2.51. The number of benzene rings is 2.